The first-order valence-electron chi connectivity index (χ1n) is 16.2. The Labute approximate surface area is 273 Å². The highest BCUT2D eigenvalue weighted by Gasteiger charge is 2.56. The number of rotatable bonds is 6. The van der Waals surface area contributed by atoms with Gasteiger partial charge in [0.1, 0.15) is 0 Å². The lowest BCUT2D eigenvalue weighted by Crippen LogP contribution is -2.58. The van der Waals surface area contributed by atoms with Crippen molar-refractivity contribution < 1.29 is 4.79 Å². The zero-order valence-corrected chi connectivity index (χ0v) is 27.5. The van der Waals surface area contributed by atoms with Gasteiger partial charge in [-0.25, -0.2) is 15.0 Å². The van der Waals surface area contributed by atoms with Gasteiger partial charge in [0.05, 0.1) is 23.5 Å². The molecule has 0 radical (unpaired) electrons. The van der Waals surface area contributed by atoms with Crippen molar-refractivity contribution >= 4 is 40.1 Å². The zero-order valence-electron chi connectivity index (χ0n) is 26.8. The van der Waals surface area contributed by atoms with Crippen LogP contribution in [0.2, 0.25) is 5.02 Å². The van der Waals surface area contributed by atoms with Gasteiger partial charge in [-0.05, 0) is 85.3 Å². The van der Waals surface area contributed by atoms with Gasteiger partial charge in [0.25, 0.3) is 5.56 Å². The van der Waals surface area contributed by atoms with Gasteiger partial charge in [0, 0.05) is 42.2 Å². The second kappa shape index (κ2) is 11.9. The number of carbonyl (C=O) groups excluding carboxylic acids is 1. The first-order chi connectivity index (χ1) is 22.1. The number of benzene rings is 2. The predicted octanol–water partition coefficient (Wildman–Crippen LogP) is 5.34. The molecule has 3 saturated carbocycles. The smallest absolute Gasteiger partial charge is 0.261 e. The highest BCUT2D eigenvalue weighted by atomic mass is 35.5. The summed E-state index contributed by atoms with van der Waals surface area (Å²) in [5.74, 6) is 3.44. The number of aryl methyl sites for hydroxylation is 1. The van der Waals surface area contributed by atoms with E-state index in [4.69, 9.17) is 21.6 Å². The van der Waals surface area contributed by atoms with Crippen LogP contribution in [0.1, 0.15) is 46.1 Å². The van der Waals surface area contributed by atoms with Gasteiger partial charge in [-0.3, -0.25) is 14.2 Å². The average Bonchev–Trinajstić information content (AvgIpc) is 3.56. The third kappa shape index (κ3) is 5.68. The molecule has 1 unspecified atom stereocenters. The van der Waals surface area contributed by atoms with Gasteiger partial charge in [-0.2, -0.15) is 0 Å². The molecule has 5 atom stereocenters. The molecule has 11 heteroatoms. The van der Waals surface area contributed by atoms with E-state index in [1.54, 1.807) is 17.0 Å². The molecule has 2 bridgehead atoms. The Morgan fingerprint density at radius 3 is 2.63 bits per heavy atom. The number of guanidine groups is 1. The SMILES string of the molecule is C[C@@H]1C(N=C(Nc2ccc3c(=O)n(CCc4ccc(Cl)cc4)c(-c4ncc[nH]4)nc3c2)N2CC(=O)N[C@@H](C)C2)C[C@@H]2C[C@H]1C2(C)C. The van der Waals surface area contributed by atoms with Gasteiger partial charge < -0.3 is 20.5 Å². The molecular weight excluding hydrogens is 600 g/mol. The number of piperazine rings is 1. The number of aromatic amines is 1. The molecular formula is C35H41ClN8O2. The van der Waals surface area contributed by atoms with E-state index in [1.165, 1.54) is 6.42 Å². The molecule has 3 aliphatic carbocycles. The minimum atomic E-state index is -0.134. The number of aliphatic imine (C=N–C) groups is 1. The molecule has 4 aromatic rings. The van der Waals surface area contributed by atoms with Gasteiger partial charge >= 0.3 is 0 Å². The number of imidazole rings is 1. The summed E-state index contributed by atoms with van der Waals surface area (Å²) in [5.41, 5.74) is 2.61. The lowest BCUT2D eigenvalue weighted by atomic mass is 9.45. The molecule has 4 fully saturated rings. The van der Waals surface area contributed by atoms with Gasteiger partial charge in [-0.15, -0.1) is 0 Å². The summed E-state index contributed by atoms with van der Waals surface area (Å²) in [4.78, 5) is 46.4. The molecule has 0 spiro atoms. The van der Waals surface area contributed by atoms with Crippen molar-refractivity contribution in [2.24, 2.45) is 28.2 Å². The third-order valence-corrected chi connectivity index (χ3v) is 10.8. The van der Waals surface area contributed by atoms with Crippen LogP contribution in [0.5, 0.6) is 0 Å². The monoisotopic (exact) mass is 640 g/mol. The number of hydrogen-bond acceptors (Lipinski definition) is 5. The van der Waals surface area contributed by atoms with E-state index in [1.807, 2.05) is 54.3 Å². The second-order valence-corrected chi connectivity index (χ2v) is 14.3. The number of nitrogens with one attached hydrogen (secondary N) is 3. The number of amides is 1. The Balaban J connectivity index is 1.23. The number of aromatic nitrogens is 4. The van der Waals surface area contributed by atoms with Crippen LogP contribution in [-0.2, 0) is 17.8 Å². The summed E-state index contributed by atoms with van der Waals surface area (Å²) in [5, 5.41) is 7.76. The van der Waals surface area contributed by atoms with Crippen LogP contribution in [0.3, 0.4) is 0 Å². The maximum atomic E-state index is 13.9. The summed E-state index contributed by atoms with van der Waals surface area (Å²) in [6.07, 6.45) is 6.34. The summed E-state index contributed by atoms with van der Waals surface area (Å²) in [6.45, 7) is 10.4. The maximum Gasteiger partial charge on any atom is 0.261 e. The van der Waals surface area contributed by atoms with Gasteiger partial charge in [0.2, 0.25) is 5.91 Å². The summed E-state index contributed by atoms with van der Waals surface area (Å²) >= 11 is 6.08. The largest absolute Gasteiger partial charge is 0.350 e. The van der Waals surface area contributed by atoms with Gasteiger partial charge in [-0.1, -0.05) is 44.5 Å². The molecule has 4 aliphatic rings. The van der Waals surface area contributed by atoms with E-state index in [9.17, 15) is 9.59 Å². The van der Waals surface area contributed by atoms with Crippen LogP contribution in [0, 0.1) is 23.2 Å². The molecule has 10 nitrogen and oxygen atoms in total. The fraction of sp³-hybridized carbons (Fsp3) is 0.457. The fourth-order valence-electron chi connectivity index (χ4n) is 7.83. The van der Waals surface area contributed by atoms with E-state index in [0.717, 1.165) is 17.7 Å². The van der Waals surface area contributed by atoms with Crippen molar-refractivity contribution in [1.82, 2.24) is 29.7 Å². The maximum absolute atomic E-state index is 13.9. The quantitative estimate of drug-likeness (QED) is 0.193. The standard InChI is InChI=1S/C35H41ClN8O2/c1-20-18-43(19-30(45)39-20)34(42-28-16-23-15-27(21(28)2)35(23,3)4)40-25-9-10-26-29(17-25)41-32(31-37-12-13-38-31)44(33(26)46)14-11-22-5-7-24(36)8-6-22/h5-10,12-13,17,20-21,23,27-28H,11,14-16,18-19H2,1-4H3,(H,37,38)(H,39,45)(H,40,42)/t20-,21-,23-,27+,28?/m0/s1. The Morgan fingerprint density at radius 1 is 1.13 bits per heavy atom. The minimum Gasteiger partial charge on any atom is -0.350 e. The molecule has 2 aromatic carbocycles. The number of anilines is 1. The molecule has 8 rings (SSSR count). The Kier molecular flexibility index (Phi) is 7.87. The van der Waals surface area contributed by atoms with Gasteiger partial charge in [0.15, 0.2) is 17.6 Å². The van der Waals surface area contributed by atoms with Crippen molar-refractivity contribution in [3.05, 3.63) is 75.8 Å². The molecule has 240 valence electrons. The molecule has 2 aromatic heterocycles. The van der Waals surface area contributed by atoms with Crippen molar-refractivity contribution in [3.63, 3.8) is 0 Å². The lowest BCUT2D eigenvalue weighted by molar-refractivity contribution is -0.124. The normalized spacial score (nSPS) is 25.7. The van der Waals surface area contributed by atoms with E-state index in [2.05, 4.69) is 41.4 Å². The predicted molar refractivity (Wildman–Crippen MR) is 182 cm³/mol. The van der Waals surface area contributed by atoms with Crippen molar-refractivity contribution in [2.45, 2.75) is 65.6 Å². The Morgan fingerprint density at radius 2 is 1.93 bits per heavy atom. The van der Waals surface area contributed by atoms with Crippen molar-refractivity contribution in [3.8, 4) is 11.6 Å². The van der Waals surface area contributed by atoms with Crippen molar-refractivity contribution in [2.75, 3.05) is 18.4 Å². The number of hydrogen-bond donors (Lipinski definition) is 3. The molecule has 1 saturated heterocycles. The number of nitrogens with zero attached hydrogens (tertiary/aromatic N) is 5. The first-order valence-corrected chi connectivity index (χ1v) is 16.6. The third-order valence-electron chi connectivity index (χ3n) is 10.6. The molecule has 3 heterocycles. The second-order valence-electron chi connectivity index (χ2n) is 13.9. The molecule has 1 aliphatic heterocycles. The first kappa shape index (κ1) is 30.5. The molecule has 1 amide bonds. The van der Waals surface area contributed by atoms with Crippen LogP contribution < -0.4 is 16.2 Å². The topological polar surface area (TPSA) is 120 Å². The van der Waals surface area contributed by atoms with E-state index in [0.29, 0.717) is 76.2 Å². The van der Waals surface area contributed by atoms with E-state index < -0.39 is 0 Å². The molecule has 3 N–H and O–H groups in total. The fourth-order valence-corrected chi connectivity index (χ4v) is 7.96. The summed E-state index contributed by atoms with van der Waals surface area (Å²) in [6, 6.07) is 13.4. The van der Waals surface area contributed by atoms with Crippen LogP contribution in [-0.4, -0.2) is 61.5 Å². The number of H-pyrrole nitrogens is 1. The van der Waals surface area contributed by atoms with Crippen LogP contribution >= 0.6 is 11.6 Å². The summed E-state index contributed by atoms with van der Waals surface area (Å²) < 4.78 is 1.68. The van der Waals surface area contributed by atoms with Crippen LogP contribution in [0.25, 0.3) is 22.6 Å². The van der Waals surface area contributed by atoms with E-state index >= 15 is 0 Å². The minimum absolute atomic E-state index is 0.00447. The summed E-state index contributed by atoms with van der Waals surface area (Å²) in [7, 11) is 0. The number of halogens is 1. The number of fused-ring (bicyclic) bond motifs is 3. The Bertz CT molecular complexity index is 1850. The Hall–Kier alpha value is -4.18. The van der Waals surface area contributed by atoms with Crippen molar-refractivity contribution in [1.29, 1.82) is 0 Å². The number of carbonyl (C=O) groups is 1. The van der Waals surface area contributed by atoms with Crippen LogP contribution in [0.15, 0.2) is 64.6 Å². The molecule has 46 heavy (non-hydrogen) atoms. The highest BCUT2D eigenvalue weighted by molar-refractivity contribution is 6.30. The lowest BCUT2D eigenvalue weighted by Gasteiger charge is -2.61. The van der Waals surface area contributed by atoms with E-state index in [-0.39, 0.29) is 30.1 Å². The zero-order chi connectivity index (χ0) is 32.2. The van der Waals surface area contributed by atoms with Crippen LogP contribution in [0.4, 0.5) is 5.69 Å². The highest BCUT2D eigenvalue weighted by Crippen LogP contribution is 2.61. The average molecular weight is 641 g/mol.